The number of pyridine rings is 1. The van der Waals surface area contributed by atoms with Crippen molar-refractivity contribution < 1.29 is 4.74 Å². The Kier molecular flexibility index (Phi) is 6.81. The Morgan fingerprint density at radius 2 is 1.91 bits per heavy atom. The predicted molar refractivity (Wildman–Crippen MR) is 99.2 cm³/mol. The summed E-state index contributed by atoms with van der Waals surface area (Å²) in [6.07, 6.45) is 3.53. The van der Waals surface area contributed by atoms with E-state index in [4.69, 9.17) is 17.0 Å². The largest absolute Gasteiger partial charge is 0.494 e. The molecule has 0 atom stereocenters. The topological polar surface area (TPSA) is 46.2 Å². The van der Waals surface area contributed by atoms with Gasteiger partial charge in [0.05, 0.1) is 6.61 Å². The molecule has 1 heterocycles. The Bertz CT molecular complexity index is 646. The third kappa shape index (κ3) is 5.21. The smallest absolute Gasteiger partial charge is 0.171 e. The minimum Gasteiger partial charge on any atom is -0.494 e. The second-order valence-corrected chi connectivity index (χ2v) is 5.44. The number of benzene rings is 1. The van der Waals surface area contributed by atoms with Gasteiger partial charge in [-0.05, 0) is 55.2 Å². The normalized spacial score (nSPS) is 10.2. The number of hydrogen-bond acceptors (Lipinski definition) is 3. The van der Waals surface area contributed by atoms with Gasteiger partial charge in [-0.25, -0.2) is 4.98 Å². The number of aromatic nitrogens is 1. The summed E-state index contributed by atoms with van der Waals surface area (Å²) in [6.45, 7) is 5.50. The summed E-state index contributed by atoms with van der Waals surface area (Å²) in [6, 6.07) is 12.1. The fourth-order valence-corrected chi connectivity index (χ4v) is 2.50. The van der Waals surface area contributed by atoms with E-state index in [2.05, 4.69) is 34.7 Å². The van der Waals surface area contributed by atoms with Gasteiger partial charge in [0.1, 0.15) is 11.6 Å². The van der Waals surface area contributed by atoms with Crippen LogP contribution in [0, 0.1) is 0 Å². The first-order valence-electron chi connectivity index (χ1n) is 7.94. The maximum atomic E-state index is 5.63. The lowest BCUT2D eigenvalue weighted by Gasteiger charge is -2.13. The van der Waals surface area contributed by atoms with Crippen molar-refractivity contribution in [1.29, 1.82) is 0 Å². The van der Waals surface area contributed by atoms with Crippen molar-refractivity contribution in [1.82, 2.24) is 10.3 Å². The number of rotatable bonds is 7. The molecule has 0 saturated carbocycles. The number of thiocarbonyl (C=S) groups is 1. The quantitative estimate of drug-likeness (QED) is 0.761. The second kappa shape index (κ2) is 9.10. The number of nitrogens with one attached hydrogen (secondary N) is 2. The molecule has 5 heteroatoms. The highest BCUT2D eigenvalue weighted by atomic mass is 32.1. The molecule has 1 aromatic heterocycles. The van der Waals surface area contributed by atoms with E-state index in [0.29, 0.717) is 11.7 Å². The number of hydrogen-bond donors (Lipinski definition) is 2. The molecule has 0 aliphatic rings. The molecule has 0 amide bonds. The highest BCUT2D eigenvalue weighted by molar-refractivity contribution is 7.80. The standard InChI is InChI=1S/C18H23N3OS/c1-3-14-9-7-12-19-17(14)21-18(23)20-13-11-15-8-5-6-10-16(15)22-4-2/h5-10,12H,3-4,11,13H2,1-2H3,(H2,19,20,21,23). The molecule has 0 radical (unpaired) electrons. The lowest BCUT2D eigenvalue weighted by Crippen LogP contribution is -2.31. The van der Waals surface area contributed by atoms with E-state index in [1.165, 1.54) is 5.56 Å². The van der Waals surface area contributed by atoms with Crippen molar-refractivity contribution in [2.75, 3.05) is 18.5 Å². The zero-order valence-electron chi connectivity index (χ0n) is 13.6. The Morgan fingerprint density at radius 1 is 1.13 bits per heavy atom. The zero-order chi connectivity index (χ0) is 16.5. The molecule has 2 rings (SSSR count). The number of ether oxygens (including phenoxy) is 1. The van der Waals surface area contributed by atoms with Crippen LogP contribution < -0.4 is 15.4 Å². The van der Waals surface area contributed by atoms with E-state index in [1.54, 1.807) is 6.20 Å². The van der Waals surface area contributed by atoms with Gasteiger partial charge in [0, 0.05) is 12.7 Å². The van der Waals surface area contributed by atoms with Crippen LogP contribution in [0.15, 0.2) is 42.6 Å². The van der Waals surface area contributed by atoms with E-state index in [1.807, 2.05) is 31.2 Å². The van der Waals surface area contributed by atoms with Gasteiger partial charge in [0.25, 0.3) is 0 Å². The van der Waals surface area contributed by atoms with E-state index in [0.717, 1.165) is 36.5 Å². The Hall–Kier alpha value is -2.14. The van der Waals surface area contributed by atoms with E-state index >= 15 is 0 Å². The monoisotopic (exact) mass is 329 g/mol. The van der Waals surface area contributed by atoms with Crippen molar-refractivity contribution in [2.24, 2.45) is 0 Å². The van der Waals surface area contributed by atoms with Crippen LogP contribution in [0.25, 0.3) is 0 Å². The molecule has 0 spiro atoms. The molecule has 23 heavy (non-hydrogen) atoms. The molecule has 0 fully saturated rings. The SMILES string of the molecule is CCOc1ccccc1CCNC(=S)Nc1ncccc1CC. The number of nitrogens with zero attached hydrogens (tertiary/aromatic N) is 1. The summed E-state index contributed by atoms with van der Waals surface area (Å²) in [5.74, 6) is 1.76. The average Bonchev–Trinajstić information content (AvgIpc) is 2.57. The van der Waals surface area contributed by atoms with Crippen molar-refractivity contribution in [3.63, 3.8) is 0 Å². The first-order valence-corrected chi connectivity index (χ1v) is 8.34. The number of anilines is 1. The fraction of sp³-hybridized carbons (Fsp3) is 0.333. The fourth-order valence-electron chi connectivity index (χ4n) is 2.31. The Labute approximate surface area is 143 Å². The second-order valence-electron chi connectivity index (χ2n) is 5.04. The van der Waals surface area contributed by atoms with Crippen LogP contribution in [0.5, 0.6) is 5.75 Å². The van der Waals surface area contributed by atoms with Gasteiger partial charge >= 0.3 is 0 Å². The number of para-hydroxylation sites is 1. The predicted octanol–water partition coefficient (Wildman–Crippen LogP) is 3.57. The molecule has 122 valence electrons. The van der Waals surface area contributed by atoms with Crippen LogP contribution >= 0.6 is 12.2 Å². The maximum Gasteiger partial charge on any atom is 0.171 e. The molecule has 0 saturated heterocycles. The number of aryl methyl sites for hydroxylation is 1. The molecule has 2 aromatic rings. The van der Waals surface area contributed by atoms with Crippen LogP contribution in [0.2, 0.25) is 0 Å². The van der Waals surface area contributed by atoms with Crippen molar-refractivity contribution in [3.05, 3.63) is 53.7 Å². The van der Waals surface area contributed by atoms with Crippen LogP contribution in [0.1, 0.15) is 25.0 Å². The maximum absolute atomic E-state index is 5.63. The lowest BCUT2D eigenvalue weighted by atomic mass is 10.1. The van der Waals surface area contributed by atoms with Crippen molar-refractivity contribution in [3.8, 4) is 5.75 Å². The molecule has 0 bridgehead atoms. The van der Waals surface area contributed by atoms with Gasteiger partial charge < -0.3 is 15.4 Å². The minimum atomic E-state index is 0.590. The minimum absolute atomic E-state index is 0.590. The van der Waals surface area contributed by atoms with E-state index in [9.17, 15) is 0 Å². The summed E-state index contributed by atoms with van der Waals surface area (Å²) in [5.41, 5.74) is 2.33. The third-order valence-electron chi connectivity index (χ3n) is 3.46. The molecule has 2 N–H and O–H groups in total. The zero-order valence-corrected chi connectivity index (χ0v) is 14.5. The summed E-state index contributed by atoms with van der Waals surface area (Å²) in [5, 5.41) is 6.98. The van der Waals surface area contributed by atoms with Gasteiger partial charge in [-0.2, -0.15) is 0 Å². The lowest BCUT2D eigenvalue weighted by molar-refractivity contribution is 0.336. The highest BCUT2D eigenvalue weighted by Crippen LogP contribution is 2.18. The Balaban J connectivity index is 1.85. The van der Waals surface area contributed by atoms with Gasteiger partial charge in [-0.3, -0.25) is 0 Å². The summed E-state index contributed by atoms with van der Waals surface area (Å²) < 4.78 is 5.63. The van der Waals surface area contributed by atoms with Crippen molar-refractivity contribution >= 4 is 23.1 Å². The van der Waals surface area contributed by atoms with Gasteiger partial charge in [-0.15, -0.1) is 0 Å². The van der Waals surface area contributed by atoms with Gasteiger partial charge in [0.2, 0.25) is 0 Å². The van der Waals surface area contributed by atoms with Crippen LogP contribution in [0.3, 0.4) is 0 Å². The first kappa shape index (κ1) is 17.2. The summed E-state index contributed by atoms with van der Waals surface area (Å²) in [4.78, 5) is 4.34. The summed E-state index contributed by atoms with van der Waals surface area (Å²) in [7, 11) is 0. The van der Waals surface area contributed by atoms with E-state index < -0.39 is 0 Å². The molecule has 0 aliphatic heterocycles. The Morgan fingerprint density at radius 3 is 2.70 bits per heavy atom. The molecule has 4 nitrogen and oxygen atoms in total. The van der Waals surface area contributed by atoms with Crippen LogP contribution in [-0.2, 0) is 12.8 Å². The molecular formula is C18H23N3OS. The van der Waals surface area contributed by atoms with Gasteiger partial charge in [-0.1, -0.05) is 31.2 Å². The average molecular weight is 329 g/mol. The van der Waals surface area contributed by atoms with Gasteiger partial charge in [0.15, 0.2) is 5.11 Å². The van der Waals surface area contributed by atoms with E-state index in [-0.39, 0.29) is 0 Å². The molecule has 0 aliphatic carbocycles. The third-order valence-corrected chi connectivity index (χ3v) is 3.70. The summed E-state index contributed by atoms with van der Waals surface area (Å²) >= 11 is 5.35. The highest BCUT2D eigenvalue weighted by Gasteiger charge is 2.05. The molecular weight excluding hydrogens is 306 g/mol. The molecule has 0 unspecified atom stereocenters. The van der Waals surface area contributed by atoms with Crippen LogP contribution in [-0.4, -0.2) is 23.2 Å². The first-order chi connectivity index (χ1) is 11.2. The van der Waals surface area contributed by atoms with Crippen molar-refractivity contribution in [2.45, 2.75) is 26.7 Å². The van der Waals surface area contributed by atoms with Crippen LogP contribution in [0.4, 0.5) is 5.82 Å². The molecule has 1 aromatic carbocycles.